The highest BCUT2D eigenvalue weighted by atomic mass is 16.5. The molecule has 0 aliphatic heterocycles. The molecule has 1 fully saturated rings. The maximum Gasteiger partial charge on any atom is 0.0992 e. The van der Waals surface area contributed by atoms with Crippen LogP contribution >= 0.6 is 0 Å². The van der Waals surface area contributed by atoms with Gasteiger partial charge in [-0.3, -0.25) is 0 Å². The molecule has 0 saturated heterocycles. The van der Waals surface area contributed by atoms with Crippen LogP contribution in [0.25, 0.3) is 0 Å². The van der Waals surface area contributed by atoms with Crippen molar-refractivity contribution in [3.05, 3.63) is 35.4 Å². The predicted octanol–water partition coefficient (Wildman–Crippen LogP) is 2.40. The molecule has 2 N–H and O–H groups in total. The van der Waals surface area contributed by atoms with Crippen LogP contribution in [-0.2, 0) is 10.3 Å². The van der Waals surface area contributed by atoms with Crippen molar-refractivity contribution in [2.24, 2.45) is 0 Å². The number of benzene rings is 1. The van der Waals surface area contributed by atoms with E-state index in [4.69, 9.17) is 4.74 Å². The van der Waals surface area contributed by atoms with Crippen LogP contribution in [0.3, 0.4) is 0 Å². The number of nitrogens with one attached hydrogen (secondary N) is 1. The van der Waals surface area contributed by atoms with E-state index in [1.807, 2.05) is 6.92 Å². The van der Waals surface area contributed by atoms with Crippen molar-refractivity contribution < 1.29 is 9.84 Å². The second kappa shape index (κ2) is 6.51. The lowest BCUT2D eigenvalue weighted by Gasteiger charge is -2.28. The van der Waals surface area contributed by atoms with Gasteiger partial charge in [0.25, 0.3) is 0 Å². The van der Waals surface area contributed by atoms with Gasteiger partial charge in [-0.25, -0.2) is 0 Å². The summed E-state index contributed by atoms with van der Waals surface area (Å²) >= 11 is 0. The van der Waals surface area contributed by atoms with Crippen LogP contribution in [0.2, 0.25) is 0 Å². The van der Waals surface area contributed by atoms with E-state index >= 15 is 0 Å². The van der Waals surface area contributed by atoms with Crippen molar-refractivity contribution >= 4 is 0 Å². The first-order valence-corrected chi connectivity index (χ1v) is 7.16. The zero-order chi connectivity index (χ0) is 13.7. The molecule has 106 valence electrons. The highest BCUT2D eigenvalue weighted by Gasteiger charge is 2.24. The molecular weight excluding hydrogens is 238 g/mol. The minimum Gasteiger partial charge on any atom is -0.384 e. The number of hydrogen-bond donors (Lipinski definition) is 2. The van der Waals surface area contributed by atoms with Gasteiger partial charge in [0.1, 0.15) is 0 Å². The molecule has 0 bridgehead atoms. The molecule has 3 nitrogen and oxygen atoms in total. The Balaban J connectivity index is 1.91. The van der Waals surface area contributed by atoms with Gasteiger partial charge in [-0.05, 0) is 36.8 Å². The van der Waals surface area contributed by atoms with Crippen molar-refractivity contribution in [1.29, 1.82) is 0 Å². The van der Waals surface area contributed by atoms with E-state index in [0.717, 1.165) is 18.0 Å². The number of ether oxygens (including phenoxy) is 1. The molecule has 0 radical (unpaired) electrons. The normalized spacial score (nSPS) is 18.9. The lowest BCUT2D eigenvalue weighted by molar-refractivity contribution is 0.0549. The van der Waals surface area contributed by atoms with Gasteiger partial charge in [-0.1, -0.05) is 30.7 Å². The van der Waals surface area contributed by atoms with Gasteiger partial charge in [-0.2, -0.15) is 0 Å². The molecule has 0 aromatic heterocycles. The maximum absolute atomic E-state index is 10.5. The SMILES string of the molecule is COCCNCC(C)(O)c1ccc(C2CCC2)cc1. The summed E-state index contributed by atoms with van der Waals surface area (Å²) in [6.07, 6.45) is 3.98. The quantitative estimate of drug-likeness (QED) is 0.742. The summed E-state index contributed by atoms with van der Waals surface area (Å²) in [6, 6.07) is 8.46. The predicted molar refractivity (Wildman–Crippen MR) is 77.4 cm³/mol. The zero-order valence-electron chi connectivity index (χ0n) is 12.0. The molecule has 1 aliphatic carbocycles. The van der Waals surface area contributed by atoms with E-state index < -0.39 is 5.60 Å². The Morgan fingerprint density at radius 2 is 2.00 bits per heavy atom. The van der Waals surface area contributed by atoms with Crippen LogP contribution in [0.5, 0.6) is 0 Å². The van der Waals surface area contributed by atoms with Crippen molar-refractivity contribution in [3.63, 3.8) is 0 Å². The van der Waals surface area contributed by atoms with Gasteiger partial charge in [0.05, 0.1) is 12.2 Å². The van der Waals surface area contributed by atoms with E-state index in [0.29, 0.717) is 13.2 Å². The van der Waals surface area contributed by atoms with Crippen LogP contribution < -0.4 is 5.32 Å². The highest BCUT2D eigenvalue weighted by molar-refractivity contribution is 5.30. The van der Waals surface area contributed by atoms with Crippen LogP contribution in [0, 0.1) is 0 Å². The van der Waals surface area contributed by atoms with Gasteiger partial charge < -0.3 is 15.2 Å². The third-order valence-corrected chi connectivity index (χ3v) is 4.06. The first-order chi connectivity index (χ1) is 9.13. The molecule has 1 aliphatic rings. The Kier molecular flexibility index (Phi) is 4.97. The standard InChI is InChI=1S/C16H25NO2/c1-16(18,12-17-10-11-19-2)15-8-6-14(7-9-15)13-4-3-5-13/h6-9,13,17-18H,3-5,10-12H2,1-2H3. The van der Waals surface area contributed by atoms with E-state index in [2.05, 4.69) is 29.6 Å². The lowest BCUT2D eigenvalue weighted by atomic mass is 9.79. The molecule has 19 heavy (non-hydrogen) atoms. The Morgan fingerprint density at radius 3 is 2.53 bits per heavy atom. The number of methoxy groups -OCH3 is 1. The minimum absolute atomic E-state index is 0.541. The Hall–Kier alpha value is -0.900. The van der Waals surface area contributed by atoms with Crippen molar-refractivity contribution in [2.75, 3.05) is 26.8 Å². The number of aliphatic hydroxyl groups is 1. The summed E-state index contributed by atoms with van der Waals surface area (Å²) in [7, 11) is 1.68. The first-order valence-electron chi connectivity index (χ1n) is 7.16. The molecule has 0 amide bonds. The topological polar surface area (TPSA) is 41.5 Å². The van der Waals surface area contributed by atoms with Gasteiger partial charge in [0, 0.05) is 20.2 Å². The number of rotatable bonds is 7. The fraction of sp³-hybridized carbons (Fsp3) is 0.625. The average molecular weight is 263 g/mol. The summed E-state index contributed by atoms with van der Waals surface area (Å²) in [4.78, 5) is 0. The Labute approximate surface area is 116 Å². The summed E-state index contributed by atoms with van der Waals surface area (Å²) in [5.41, 5.74) is 1.56. The third kappa shape index (κ3) is 3.78. The Morgan fingerprint density at radius 1 is 1.32 bits per heavy atom. The molecule has 0 spiro atoms. The molecule has 1 saturated carbocycles. The monoisotopic (exact) mass is 263 g/mol. The zero-order valence-corrected chi connectivity index (χ0v) is 12.0. The second-order valence-corrected chi connectivity index (χ2v) is 5.69. The summed E-state index contributed by atoms with van der Waals surface area (Å²) in [6.45, 7) is 3.81. The van der Waals surface area contributed by atoms with E-state index in [-0.39, 0.29) is 0 Å². The molecule has 1 aromatic carbocycles. The van der Waals surface area contributed by atoms with Crippen molar-refractivity contribution in [3.8, 4) is 0 Å². The largest absolute Gasteiger partial charge is 0.384 e. The third-order valence-electron chi connectivity index (χ3n) is 4.06. The Bertz CT molecular complexity index is 382. The number of hydrogen-bond acceptors (Lipinski definition) is 3. The average Bonchev–Trinajstić information content (AvgIpc) is 2.33. The molecular formula is C16H25NO2. The highest BCUT2D eigenvalue weighted by Crippen LogP contribution is 2.36. The smallest absolute Gasteiger partial charge is 0.0992 e. The summed E-state index contributed by atoms with van der Waals surface area (Å²) in [5, 5.41) is 13.7. The summed E-state index contributed by atoms with van der Waals surface area (Å²) in [5.74, 6) is 0.749. The maximum atomic E-state index is 10.5. The first kappa shape index (κ1) is 14.5. The molecule has 1 atom stereocenters. The fourth-order valence-electron chi connectivity index (χ4n) is 2.46. The van der Waals surface area contributed by atoms with E-state index in [9.17, 15) is 5.11 Å². The van der Waals surface area contributed by atoms with E-state index in [1.165, 1.54) is 24.8 Å². The molecule has 1 unspecified atom stereocenters. The van der Waals surface area contributed by atoms with Crippen LogP contribution in [-0.4, -0.2) is 31.9 Å². The lowest BCUT2D eigenvalue weighted by Crippen LogP contribution is -2.36. The van der Waals surface area contributed by atoms with Crippen LogP contribution in [0.4, 0.5) is 0 Å². The minimum atomic E-state index is -0.827. The van der Waals surface area contributed by atoms with Crippen LogP contribution in [0.1, 0.15) is 43.2 Å². The van der Waals surface area contributed by atoms with Gasteiger partial charge >= 0.3 is 0 Å². The van der Waals surface area contributed by atoms with Crippen LogP contribution in [0.15, 0.2) is 24.3 Å². The molecule has 0 heterocycles. The second-order valence-electron chi connectivity index (χ2n) is 5.69. The molecule has 2 rings (SSSR count). The molecule has 3 heteroatoms. The van der Waals surface area contributed by atoms with Crippen molar-refractivity contribution in [1.82, 2.24) is 5.32 Å². The van der Waals surface area contributed by atoms with Gasteiger partial charge in [-0.15, -0.1) is 0 Å². The fourth-order valence-corrected chi connectivity index (χ4v) is 2.46. The van der Waals surface area contributed by atoms with Gasteiger partial charge in [0.2, 0.25) is 0 Å². The van der Waals surface area contributed by atoms with E-state index in [1.54, 1.807) is 7.11 Å². The summed E-state index contributed by atoms with van der Waals surface area (Å²) < 4.78 is 4.98. The van der Waals surface area contributed by atoms with Gasteiger partial charge in [0.15, 0.2) is 0 Å². The van der Waals surface area contributed by atoms with Crippen molar-refractivity contribution in [2.45, 2.75) is 37.7 Å². The molecule has 1 aromatic rings.